The summed E-state index contributed by atoms with van der Waals surface area (Å²) in [5, 5.41) is 23.4. The smallest absolute Gasteiger partial charge is 0.216 e. The van der Waals surface area contributed by atoms with Crippen LogP contribution in [0.15, 0.2) is 48.5 Å². The lowest BCUT2D eigenvalue weighted by Crippen LogP contribution is -2.54. The van der Waals surface area contributed by atoms with Crippen molar-refractivity contribution in [3.05, 3.63) is 59.7 Å². The zero-order chi connectivity index (χ0) is 20.3. The van der Waals surface area contributed by atoms with E-state index in [0.717, 1.165) is 11.3 Å². The number of rotatable bonds is 5. The molecule has 0 bridgehead atoms. The van der Waals surface area contributed by atoms with Crippen LogP contribution in [0.1, 0.15) is 37.9 Å². The van der Waals surface area contributed by atoms with Crippen LogP contribution in [0.4, 0.5) is 5.69 Å². The molecule has 2 N–H and O–H groups in total. The van der Waals surface area contributed by atoms with E-state index in [1.807, 2.05) is 44.2 Å². The first-order chi connectivity index (χ1) is 13.3. The van der Waals surface area contributed by atoms with Crippen LogP contribution in [0.2, 0.25) is 0 Å². The lowest BCUT2D eigenvalue weighted by Gasteiger charge is -2.47. The molecule has 28 heavy (non-hydrogen) atoms. The van der Waals surface area contributed by atoms with Gasteiger partial charge in [0.1, 0.15) is 17.5 Å². The monoisotopic (exact) mass is 379 g/mol. The Hall–Kier alpha value is -3.04. The molecule has 2 atom stereocenters. The van der Waals surface area contributed by atoms with Gasteiger partial charge in [0.05, 0.1) is 17.7 Å². The van der Waals surface area contributed by atoms with Gasteiger partial charge in [-0.15, -0.1) is 0 Å². The maximum atomic E-state index is 11.4. The van der Waals surface area contributed by atoms with Crippen LogP contribution < -0.4 is 15.0 Å². The first kappa shape index (κ1) is 19.7. The first-order valence-corrected chi connectivity index (χ1v) is 9.31. The standard InChI is InChI=1S/C22H25N3O3/c1-15(26)24-11-12-25(17-7-5-4-6-8-17)20-18-13-16(14-23)9-10-19(18)28-22(2,3)21(20)27/h4-10,13,20-21,27H,11-12H2,1-3H3,(H,24,26)/t20-,21+/m0/s1. The van der Waals surface area contributed by atoms with Crippen LogP contribution in [0.25, 0.3) is 0 Å². The highest BCUT2D eigenvalue weighted by atomic mass is 16.5. The number of benzene rings is 2. The summed E-state index contributed by atoms with van der Waals surface area (Å²) in [4.78, 5) is 13.4. The van der Waals surface area contributed by atoms with Crippen LogP contribution >= 0.6 is 0 Å². The van der Waals surface area contributed by atoms with Gasteiger partial charge in [-0.25, -0.2) is 0 Å². The van der Waals surface area contributed by atoms with Gasteiger partial charge in [-0.3, -0.25) is 4.79 Å². The molecule has 6 nitrogen and oxygen atoms in total. The Morgan fingerprint density at radius 1 is 1.29 bits per heavy atom. The van der Waals surface area contributed by atoms with Crippen molar-refractivity contribution < 1.29 is 14.6 Å². The number of nitrogens with one attached hydrogen (secondary N) is 1. The predicted octanol–water partition coefficient (Wildman–Crippen LogP) is 2.77. The second kappa shape index (κ2) is 7.91. The maximum Gasteiger partial charge on any atom is 0.216 e. The Morgan fingerprint density at radius 2 is 2.00 bits per heavy atom. The van der Waals surface area contributed by atoms with E-state index < -0.39 is 17.7 Å². The summed E-state index contributed by atoms with van der Waals surface area (Å²) in [6, 6.07) is 16.7. The molecule has 1 amide bonds. The highest BCUT2D eigenvalue weighted by Crippen LogP contribution is 2.44. The van der Waals surface area contributed by atoms with E-state index in [0.29, 0.717) is 24.4 Å². The number of aliphatic hydroxyl groups is 1. The van der Waals surface area contributed by atoms with Crippen molar-refractivity contribution in [1.29, 1.82) is 5.26 Å². The molecular weight excluding hydrogens is 354 g/mol. The lowest BCUT2D eigenvalue weighted by atomic mass is 9.84. The van der Waals surface area contributed by atoms with Crippen molar-refractivity contribution in [3.63, 3.8) is 0 Å². The van der Waals surface area contributed by atoms with E-state index in [1.165, 1.54) is 6.92 Å². The molecule has 6 heteroatoms. The van der Waals surface area contributed by atoms with Gasteiger partial charge in [0, 0.05) is 31.3 Å². The van der Waals surface area contributed by atoms with Crippen LogP contribution in [-0.2, 0) is 4.79 Å². The molecule has 1 heterocycles. The SMILES string of the molecule is CC(=O)NCCN(c1ccccc1)[C@H]1c2cc(C#N)ccc2OC(C)(C)[C@@H]1O. The number of fused-ring (bicyclic) bond motifs is 1. The minimum Gasteiger partial charge on any atom is -0.485 e. The quantitative estimate of drug-likeness (QED) is 0.834. The average Bonchev–Trinajstić information content (AvgIpc) is 2.67. The van der Waals surface area contributed by atoms with Crippen LogP contribution in [0, 0.1) is 11.3 Å². The number of amides is 1. The molecule has 0 radical (unpaired) electrons. The van der Waals surface area contributed by atoms with Crippen molar-refractivity contribution in [3.8, 4) is 11.8 Å². The normalized spacial score (nSPS) is 19.7. The molecule has 0 fully saturated rings. The van der Waals surface area contributed by atoms with Gasteiger partial charge in [-0.1, -0.05) is 18.2 Å². The van der Waals surface area contributed by atoms with Gasteiger partial charge in [-0.2, -0.15) is 5.26 Å². The summed E-state index contributed by atoms with van der Waals surface area (Å²) in [6.07, 6.45) is -0.841. The molecule has 0 saturated carbocycles. The van der Waals surface area contributed by atoms with Crippen molar-refractivity contribution in [2.75, 3.05) is 18.0 Å². The van der Waals surface area contributed by atoms with E-state index in [4.69, 9.17) is 4.74 Å². The summed E-state index contributed by atoms with van der Waals surface area (Å²) >= 11 is 0. The fraction of sp³-hybridized carbons (Fsp3) is 0.364. The molecule has 0 aliphatic carbocycles. The minimum atomic E-state index is -0.841. The number of ether oxygens (including phenoxy) is 1. The second-order valence-corrected chi connectivity index (χ2v) is 7.47. The maximum absolute atomic E-state index is 11.4. The van der Waals surface area contributed by atoms with E-state index >= 15 is 0 Å². The van der Waals surface area contributed by atoms with Gasteiger partial charge < -0.3 is 20.1 Å². The largest absolute Gasteiger partial charge is 0.485 e. The number of carbonyl (C=O) groups is 1. The molecule has 146 valence electrons. The van der Waals surface area contributed by atoms with E-state index in [1.54, 1.807) is 18.2 Å². The lowest BCUT2D eigenvalue weighted by molar-refractivity contribution is -0.118. The van der Waals surface area contributed by atoms with E-state index in [9.17, 15) is 15.2 Å². The summed E-state index contributed by atoms with van der Waals surface area (Å²) in [6.45, 7) is 6.11. The Kier molecular flexibility index (Phi) is 5.57. The number of carbonyl (C=O) groups excluding carboxylic acids is 1. The number of para-hydroxylation sites is 1. The van der Waals surface area contributed by atoms with Crippen LogP contribution in [0.3, 0.4) is 0 Å². The third kappa shape index (κ3) is 3.95. The van der Waals surface area contributed by atoms with Crippen molar-refractivity contribution in [1.82, 2.24) is 5.32 Å². The minimum absolute atomic E-state index is 0.104. The summed E-state index contributed by atoms with van der Waals surface area (Å²) < 4.78 is 6.03. The van der Waals surface area contributed by atoms with Gasteiger partial charge in [0.2, 0.25) is 5.91 Å². The number of nitrogens with zero attached hydrogens (tertiary/aromatic N) is 2. The second-order valence-electron chi connectivity index (χ2n) is 7.47. The van der Waals surface area contributed by atoms with Gasteiger partial charge in [0.25, 0.3) is 0 Å². The Balaban J connectivity index is 2.09. The van der Waals surface area contributed by atoms with E-state index in [2.05, 4.69) is 16.3 Å². The molecule has 0 saturated heterocycles. The molecule has 0 spiro atoms. The van der Waals surface area contributed by atoms with Crippen molar-refractivity contribution in [2.24, 2.45) is 0 Å². The number of nitriles is 1. The topological polar surface area (TPSA) is 85.6 Å². The zero-order valence-corrected chi connectivity index (χ0v) is 16.3. The number of aliphatic hydroxyl groups excluding tert-OH is 1. The van der Waals surface area contributed by atoms with Gasteiger partial charge in [-0.05, 0) is 44.2 Å². The van der Waals surface area contributed by atoms with Crippen molar-refractivity contribution >= 4 is 11.6 Å². The average molecular weight is 379 g/mol. The third-order valence-electron chi connectivity index (χ3n) is 4.99. The fourth-order valence-electron chi connectivity index (χ4n) is 3.58. The Labute approximate surface area is 165 Å². The number of hydrogen-bond acceptors (Lipinski definition) is 5. The Bertz CT molecular complexity index is 890. The Morgan fingerprint density at radius 3 is 2.64 bits per heavy atom. The molecule has 2 aromatic carbocycles. The molecule has 1 aliphatic heterocycles. The van der Waals surface area contributed by atoms with E-state index in [-0.39, 0.29) is 5.91 Å². The van der Waals surface area contributed by atoms with Crippen molar-refractivity contribution in [2.45, 2.75) is 38.5 Å². The molecule has 1 aliphatic rings. The van der Waals surface area contributed by atoms with Gasteiger partial charge in [0.15, 0.2) is 0 Å². The molecular formula is C22H25N3O3. The fourth-order valence-corrected chi connectivity index (χ4v) is 3.58. The third-order valence-corrected chi connectivity index (χ3v) is 4.99. The number of anilines is 1. The van der Waals surface area contributed by atoms with Gasteiger partial charge >= 0.3 is 0 Å². The molecule has 3 rings (SSSR count). The van der Waals surface area contributed by atoms with Crippen LogP contribution in [0.5, 0.6) is 5.75 Å². The molecule has 0 unspecified atom stereocenters. The highest BCUT2D eigenvalue weighted by Gasteiger charge is 2.45. The predicted molar refractivity (Wildman–Crippen MR) is 107 cm³/mol. The van der Waals surface area contributed by atoms with Crippen LogP contribution in [-0.4, -0.2) is 35.8 Å². The zero-order valence-electron chi connectivity index (χ0n) is 16.3. The molecule has 2 aromatic rings. The summed E-state index contributed by atoms with van der Waals surface area (Å²) in [5.41, 5.74) is 1.38. The molecule has 0 aromatic heterocycles. The highest BCUT2D eigenvalue weighted by molar-refractivity contribution is 5.72. The number of hydrogen-bond donors (Lipinski definition) is 2. The summed E-state index contributed by atoms with van der Waals surface area (Å²) in [5.74, 6) is 0.549. The first-order valence-electron chi connectivity index (χ1n) is 9.31. The summed E-state index contributed by atoms with van der Waals surface area (Å²) in [7, 11) is 0.